The summed E-state index contributed by atoms with van der Waals surface area (Å²) in [7, 11) is 4.18. The van der Waals surface area contributed by atoms with E-state index >= 15 is 0 Å². The average molecular weight is 731 g/mol. The molecular weight excluding hydrogens is 689 g/mol. The SMILES string of the molecule is C=C(c1cc(C(=O)N2CCN(C)CC2)cc(-c2cccc(-c3cc(NC(=O)Nc4c(Cl)cncc4Cl)c(=O)n(CC)n3)c2)c1)N1CCN(C)CC1. The molecule has 2 fully saturated rings. The predicted molar refractivity (Wildman–Crippen MR) is 203 cm³/mol. The van der Waals surface area contributed by atoms with E-state index in [-0.39, 0.29) is 33.9 Å². The lowest BCUT2D eigenvalue weighted by Crippen LogP contribution is -2.47. The Balaban J connectivity index is 1.34. The van der Waals surface area contributed by atoms with Crippen LogP contribution in [0.1, 0.15) is 22.8 Å². The molecule has 266 valence electrons. The molecular formula is C37H41Cl2N9O3. The van der Waals surface area contributed by atoms with Crippen LogP contribution in [0.4, 0.5) is 16.2 Å². The number of nitrogens with zero attached hydrogens (tertiary/aromatic N) is 7. The average Bonchev–Trinajstić information content (AvgIpc) is 3.14. The summed E-state index contributed by atoms with van der Waals surface area (Å²) in [5.74, 6) is -0.00597. The Kier molecular flexibility index (Phi) is 11.1. The van der Waals surface area contributed by atoms with Gasteiger partial charge in [0.15, 0.2) is 0 Å². The third kappa shape index (κ3) is 8.26. The first-order valence-electron chi connectivity index (χ1n) is 16.9. The van der Waals surface area contributed by atoms with E-state index in [2.05, 4.69) is 62.2 Å². The quantitative estimate of drug-likeness (QED) is 0.243. The highest BCUT2D eigenvalue weighted by Crippen LogP contribution is 2.32. The summed E-state index contributed by atoms with van der Waals surface area (Å²) in [6.07, 6.45) is 2.71. The number of halogens is 2. The van der Waals surface area contributed by atoms with Crippen LogP contribution in [0, 0.1) is 0 Å². The van der Waals surface area contributed by atoms with Crippen LogP contribution in [-0.4, -0.2) is 113 Å². The van der Waals surface area contributed by atoms with E-state index in [9.17, 15) is 14.4 Å². The second kappa shape index (κ2) is 15.6. The van der Waals surface area contributed by atoms with Crippen molar-refractivity contribution in [2.45, 2.75) is 13.5 Å². The molecule has 2 N–H and O–H groups in total. The molecule has 0 atom stereocenters. The van der Waals surface area contributed by atoms with E-state index in [0.29, 0.717) is 29.9 Å². The normalized spacial score (nSPS) is 15.5. The van der Waals surface area contributed by atoms with Gasteiger partial charge in [-0.3, -0.25) is 14.6 Å². The van der Waals surface area contributed by atoms with Gasteiger partial charge < -0.3 is 30.2 Å². The Labute approximate surface area is 307 Å². The van der Waals surface area contributed by atoms with Crippen LogP contribution in [0.3, 0.4) is 0 Å². The minimum Gasteiger partial charge on any atom is -0.369 e. The maximum atomic E-state index is 13.9. The summed E-state index contributed by atoms with van der Waals surface area (Å²) in [6, 6.07) is 14.6. The number of carbonyl (C=O) groups excluding carboxylic acids is 2. The molecule has 4 aromatic rings. The van der Waals surface area contributed by atoms with Gasteiger partial charge in [0, 0.05) is 88.1 Å². The fourth-order valence-corrected chi connectivity index (χ4v) is 6.64. The molecule has 0 bridgehead atoms. The van der Waals surface area contributed by atoms with Gasteiger partial charge in [0.2, 0.25) is 0 Å². The smallest absolute Gasteiger partial charge is 0.323 e. The van der Waals surface area contributed by atoms with Crippen LogP contribution in [0.25, 0.3) is 28.1 Å². The summed E-state index contributed by atoms with van der Waals surface area (Å²) in [4.78, 5) is 52.7. The number of anilines is 2. The number of hydrogen-bond donors (Lipinski definition) is 2. The number of rotatable bonds is 8. The molecule has 12 nitrogen and oxygen atoms in total. The van der Waals surface area contributed by atoms with E-state index in [1.54, 1.807) is 6.92 Å². The van der Waals surface area contributed by atoms with Gasteiger partial charge in [0.1, 0.15) is 5.69 Å². The molecule has 2 saturated heterocycles. The van der Waals surface area contributed by atoms with E-state index in [1.807, 2.05) is 41.3 Å². The first-order valence-corrected chi connectivity index (χ1v) is 17.6. The largest absolute Gasteiger partial charge is 0.369 e. The number of nitrogens with one attached hydrogen (secondary N) is 2. The lowest BCUT2D eigenvalue weighted by Gasteiger charge is -2.35. The number of benzene rings is 2. The van der Waals surface area contributed by atoms with Gasteiger partial charge in [-0.1, -0.05) is 48.0 Å². The molecule has 2 aliphatic rings. The molecule has 2 aliphatic heterocycles. The van der Waals surface area contributed by atoms with Gasteiger partial charge >= 0.3 is 6.03 Å². The fraction of sp³-hybridized carbons (Fsp3) is 0.324. The highest BCUT2D eigenvalue weighted by Gasteiger charge is 2.24. The summed E-state index contributed by atoms with van der Waals surface area (Å²) in [5, 5.41) is 10.1. The zero-order valence-electron chi connectivity index (χ0n) is 29.0. The third-order valence-corrected chi connectivity index (χ3v) is 9.87. The molecule has 51 heavy (non-hydrogen) atoms. The number of carbonyl (C=O) groups is 2. The van der Waals surface area contributed by atoms with Crippen molar-refractivity contribution in [3.63, 3.8) is 0 Å². The fourth-order valence-electron chi connectivity index (χ4n) is 6.18. The first kappa shape index (κ1) is 36.1. The molecule has 3 amide bonds. The molecule has 0 aliphatic carbocycles. The van der Waals surface area contributed by atoms with Gasteiger partial charge in [-0.15, -0.1) is 0 Å². The Hall–Kier alpha value is -4.75. The van der Waals surface area contributed by atoms with Crippen LogP contribution in [0.5, 0.6) is 0 Å². The number of aryl methyl sites for hydroxylation is 1. The van der Waals surface area contributed by atoms with Crippen LogP contribution < -0.4 is 16.2 Å². The van der Waals surface area contributed by atoms with Crippen molar-refractivity contribution >= 4 is 52.2 Å². The topological polar surface area (TPSA) is 119 Å². The molecule has 6 rings (SSSR count). The maximum Gasteiger partial charge on any atom is 0.323 e. The van der Waals surface area contributed by atoms with Crippen LogP contribution >= 0.6 is 23.2 Å². The Bertz CT molecular complexity index is 1950. The number of hydrogen-bond acceptors (Lipinski definition) is 8. The molecule has 0 saturated carbocycles. The lowest BCUT2D eigenvalue weighted by atomic mass is 9.95. The molecule has 0 spiro atoms. The highest BCUT2D eigenvalue weighted by molar-refractivity contribution is 6.39. The number of aromatic nitrogens is 3. The summed E-state index contributed by atoms with van der Waals surface area (Å²) >= 11 is 12.3. The first-order chi connectivity index (χ1) is 24.5. The number of piperazine rings is 2. The van der Waals surface area contributed by atoms with Crippen molar-refractivity contribution in [1.82, 2.24) is 34.4 Å². The molecule has 2 aromatic carbocycles. The zero-order valence-corrected chi connectivity index (χ0v) is 30.5. The minimum absolute atomic E-state index is 0.00597. The van der Waals surface area contributed by atoms with Crippen molar-refractivity contribution in [1.29, 1.82) is 0 Å². The van der Waals surface area contributed by atoms with E-state index in [4.69, 9.17) is 23.2 Å². The summed E-state index contributed by atoms with van der Waals surface area (Å²) in [5.41, 5.74) is 5.02. The van der Waals surface area contributed by atoms with Crippen molar-refractivity contribution in [2.75, 3.05) is 77.1 Å². The predicted octanol–water partition coefficient (Wildman–Crippen LogP) is 5.55. The standard InChI is InChI=1S/C37H41Cl2N9O3/c1-5-48-36(50)33(41-37(51)42-34-30(38)22-40-23-31(34)39)21-32(43-48)26-8-6-7-25(17-26)28-18-27(24(2)46-13-9-44(3)10-14-46)19-29(20-28)35(49)47-15-11-45(4)12-16-47/h6-8,17-23H,2,5,9-16H2,1,3-4H3,(H2,40,41,42,51). The van der Waals surface area contributed by atoms with Gasteiger partial charge in [-0.25, -0.2) is 9.48 Å². The van der Waals surface area contributed by atoms with Crippen molar-refractivity contribution in [3.8, 4) is 22.4 Å². The Morgan fingerprint density at radius 2 is 1.39 bits per heavy atom. The lowest BCUT2D eigenvalue weighted by molar-refractivity contribution is 0.0664. The molecule has 4 heterocycles. The monoisotopic (exact) mass is 729 g/mol. The second-order valence-corrected chi connectivity index (χ2v) is 13.6. The van der Waals surface area contributed by atoms with Gasteiger partial charge in [-0.05, 0) is 68.0 Å². The second-order valence-electron chi connectivity index (χ2n) is 12.8. The van der Waals surface area contributed by atoms with E-state index < -0.39 is 11.6 Å². The number of pyridine rings is 1. The van der Waals surface area contributed by atoms with Crippen molar-refractivity contribution in [2.24, 2.45) is 0 Å². The molecule has 14 heteroatoms. The van der Waals surface area contributed by atoms with Crippen LogP contribution in [0.15, 0.2) is 72.3 Å². The maximum absolute atomic E-state index is 13.9. The Morgan fingerprint density at radius 3 is 2.04 bits per heavy atom. The summed E-state index contributed by atoms with van der Waals surface area (Å²) < 4.78 is 1.29. The summed E-state index contributed by atoms with van der Waals surface area (Å²) in [6.45, 7) is 13.1. The highest BCUT2D eigenvalue weighted by atomic mass is 35.5. The third-order valence-electron chi connectivity index (χ3n) is 9.29. The number of urea groups is 1. The Morgan fingerprint density at radius 1 is 0.784 bits per heavy atom. The van der Waals surface area contributed by atoms with Gasteiger partial charge in [0.25, 0.3) is 11.5 Å². The van der Waals surface area contributed by atoms with E-state index in [1.165, 1.54) is 23.1 Å². The minimum atomic E-state index is -0.703. The molecule has 0 radical (unpaired) electrons. The molecule has 2 aromatic heterocycles. The number of likely N-dealkylation sites (N-methyl/N-ethyl adjacent to an activating group) is 2. The number of amides is 3. The van der Waals surface area contributed by atoms with Crippen molar-refractivity contribution in [3.05, 3.63) is 99.0 Å². The van der Waals surface area contributed by atoms with Gasteiger partial charge in [0.05, 0.1) is 21.4 Å². The van der Waals surface area contributed by atoms with Gasteiger partial charge in [-0.2, -0.15) is 5.10 Å². The van der Waals surface area contributed by atoms with E-state index in [0.717, 1.165) is 61.7 Å². The molecule has 0 unspecified atom stereocenters. The zero-order chi connectivity index (χ0) is 36.2. The van der Waals surface area contributed by atoms with Crippen LogP contribution in [0.2, 0.25) is 10.0 Å². The van der Waals surface area contributed by atoms with Crippen LogP contribution in [-0.2, 0) is 6.54 Å². The van der Waals surface area contributed by atoms with Crippen molar-refractivity contribution < 1.29 is 9.59 Å².